The van der Waals surface area contributed by atoms with Gasteiger partial charge in [-0.15, -0.1) is 11.8 Å². The maximum atomic E-state index is 13.8. The molecule has 0 atom stereocenters. The molecule has 0 saturated carbocycles. The molecule has 1 amide bonds. The highest BCUT2D eigenvalue weighted by atomic mass is 32.2. The lowest BCUT2D eigenvalue weighted by atomic mass is 10.1. The van der Waals surface area contributed by atoms with E-state index in [2.05, 4.69) is 0 Å². The molecule has 0 unspecified atom stereocenters. The van der Waals surface area contributed by atoms with Crippen molar-refractivity contribution in [3.8, 4) is 16.9 Å². The van der Waals surface area contributed by atoms with Crippen LogP contribution in [0.25, 0.3) is 11.1 Å². The topological polar surface area (TPSA) is 104 Å². The molecule has 8 nitrogen and oxygen atoms in total. The number of carboxylic acids is 1. The zero-order valence-corrected chi connectivity index (χ0v) is 23.2. The van der Waals surface area contributed by atoms with Crippen LogP contribution in [0.5, 0.6) is 5.75 Å². The van der Waals surface area contributed by atoms with E-state index in [1.165, 1.54) is 31.9 Å². The average Bonchev–Trinajstić information content (AvgIpc) is 2.91. The summed E-state index contributed by atoms with van der Waals surface area (Å²) < 4.78 is 58.4. The summed E-state index contributed by atoms with van der Waals surface area (Å²) in [6.45, 7) is -0.838. The Balaban J connectivity index is 1.71. The lowest BCUT2D eigenvalue weighted by Crippen LogP contribution is -2.40. The second kappa shape index (κ2) is 13.0. The molecule has 0 aliphatic heterocycles. The summed E-state index contributed by atoms with van der Waals surface area (Å²) in [4.78, 5) is 25.9. The fourth-order valence-electron chi connectivity index (χ4n) is 3.62. The first-order valence-electron chi connectivity index (χ1n) is 11.7. The number of rotatable bonds is 12. The van der Waals surface area contributed by atoms with Crippen LogP contribution in [0, 0.1) is 11.6 Å². The fraction of sp³-hybridized carbons (Fsp3) is 0.259. The Morgan fingerprint density at radius 1 is 1.00 bits per heavy atom. The van der Waals surface area contributed by atoms with Gasteiger partial charge in [-0.25, -0.2) is 21.5 Å². The molecule has 0 aliphatic carbocycles. The highest BCUT2D eigenvalue weighted by Crippen LogP contribution is 2.33. The smallest absolute Gasteiger partial charge is 0.323 e. The van der Waals surface area contributed by atoms with Crippen molar-refractivity contribution in [3.05, 3.63) is 83.4 Å². The predicted molar refractivity (Wildman–Crippen MR) is 145 cm³/mol. The molecule has 0 heterocycles. The second-order valence-corrected chi connectivity index (χ2v) is 11.8. The summed E-state index contributed by atoms with van der Waals surface area (Å²) >= 11 is 1.31. The molecule has 12 heteroatoms. The van der Waals surface area contributed by atoms with Gasteiger partial charge in [-0.2, -0.15) is 0 Å². The lowest BCUT2D eigenvalue weighted by Gasteiger charge is -2.22. The summed E-state index contributed by atoms with van der Waals surface area (Å²) in [5, 5.41) is 9.22. The minimum atomic E-state index is -3.63. The summed E-state index contributed by atoms with van der Waals surface area (Å²) in [7, 11) is -0.909. The molecule has 1 N–H and O–H groups in total. The van der Waals surface area contributed by atoms with Crippen molar-refractivity contribution in [1.29, 1.82) is 0 Å². The summed E-state index contributed by atoms with van der Waals surface area (Å²) in [6.07, 6.45) is 1.78. The summed E-state index contributed by atoms with van der Waals surface area (Å²) in [5.41, 5.74) is 2.07. The first-order chi connectivity index (χ1) is 18.4. The Morgan fingerprint density at radius 2 is 1.67 bits per heavy atom. The van der Waals surface area contributed by atoms with E-state index in [1.807, 2.05) is 0 Å². The van der Waals surface area contributed by atoms with Gasteiger partial charge in [-0.1, -0.05) is 24.3 Å². The Kier molecular flexibility index (Phi) is 10.1. The molecule has 39 heavy (non-hydrogen) atoms. The van der Waals surface area contributed by atoms with Gasteiger partial charge in [-0.05, 0) is 59.3 Å². The van der Waals surface area contributed by atoms with Gasteiger partial charge in [-0.3, -0.25) is 9.59 Å². The van der Waals surface area contributed by atoms with Gasteiger partial charge in [0.25, 0.3) is 5.91 Å². The number of thioether (sulfide) groups is 1. The molecule has 0 aliphatic rings. The average molecular weight is 579 g/mol. The standard InChI is InChI=1S/C27H28F2N2O6S2/c1-30(2)39(35,36)12-11-31(16-26(32)33)27(34)20-6-4-5-18(13-20)17-37-21-9-7-19(8-10-21)22-14-23(28)24(29)15-25(22)38-3/h4-10,13-15H,11-12,16-17H2,1-3H3,(H,32,33). The highest BCUT2D eigenvalue weighted by Gasteiger charge is 2.23. The van der Waals surface area contributed by atoms with Gasteiger partial charge in [0, 0.05) is 31.1 Å². The normalized spacial score (nSPS) is 11.4. The maximum absolute atomic E-state index is 13.8. The number of carbonyl (C=O) groups is 2. The molecule has 0 bridgehead atoms. The minimum absolute atomic E-state index is 0.0929. The lowest BCUT2D eigenvalue weighted by molar-refractivity contribution is -0.137. The Bertz CT molecular complexity index is 1450. The van der Waals surface area contributed by atoms with E-state index in [1.54, 1.807) is 48.7 Å². The second-order valence-electron chi connectivity index (χ2n) is 8.70. The largest absolute Gasteiger partial charge is 0.489 e. The van der Waals surface area contributed by atoms with Gasteiger partial charge in [0.2, 0.25) is 10.0 Å². The molecule has 0 radical (unpaired) electrons. The molecule has 0 saturated heterocycles. The van der Waals surface area contributed by atoms with Crippen molar-refractivity contribution in [3.63, 3.8) is 0 Å². The van der Waals surface area contributed by atoms with Crippen LogP contribution >= 0.6 is 11.8 Å². The van der Waals surface area contributed by atoms with E-state index in [-0.39, 0.29) is 18.7 Å². The number of carbonyl (C=O) groups excluding carboxylic acids is 1. The first-order valence-corrected chi connectivity index (χ1v) is 14.5. The molecule has 3 aromatic rings. The quantitative estimate of drug-likeness (QED) is 0.319. The van der Waals surface area contributed by atoms with E-state index >= 15 is 0 Å². The van der Waals surface area contributed by atoms with Crippen LogP contribution in [-0.4, -0.2) is 73.8 Å². The highest BCUT2D eigenvalue weighted by molar-refractivity contribution is 7.98. The van der Waals surface area contributed by atoms with Crippen molar-refractivity contribution >= 4 is 33.7 Å². The van der Waals surface area contributed by atoms with Crippen LogP contribution in [0.15, 0.2) is 65.6 Å². The molecule has 3 aromatic carbocycles. The Hall–Kier alpha value is -3.48. The van der Waals surface area contributed by atoms with Crippen LogP contribution < -0.4 is 4.74 Å². The van der Waals surface area contributed by atoms with Crippen LogP contribution in [0.4, 0.5) is 8.78 Å². The zero-order chi connectivity index (χ0) is 28.7. The summed E-state index contributed by atoms with van der Waals surface area (Å²) in [5.74, 6) is -3.63. The van der Waals surface area contributed by atoms with Crippen molar-refractivity contribution in [1.82, 2.24) is 9.21 Å². The number of sulfonamides is 1. The number of benzene rings is 3. The monoisotopic (exact) mass is 578 g/mol. The Morgan fingerprint density at radius 3 is 2.28 bits per heavy atom. The van der Waals surface area contributed by atoms with Gasteiger partial charge in [0.1, 0.15) is 18.9 Å². The third-order valence-corrected chi connectivity index (χ3v) is 8.36. The van der Waals surface area contributed by atoms with Crippen LogP contribution in [-0.2, 0) is 21.4 Å². The molecule has 208 valence electrons. The number of carboxylic acid groups (broad SMARTS) is 1. The summed E-state index contributed by atoms with van der Waals surface area (Å²) in [6, 6.07) is 15.6. The third kappa shape index (κ3) is 8.01. The number of ether oxygens (including phenoxy) is 1. The van der Waals surface area contributed by atoms with Crippen LogP contribution in [0.1, 0.15) is 15.9 Å². The fourth-order valence-corrected chi connectivity index (χ4v) is 5.06. The van der Waals surface area contributed by atoms with E-state index in [9.17, 15) is 31.9 Å². The SMILES string of the molecule is CSc1cc(F)c(F)cc1-c1ccc(OCc2cccc(C(=O)N(CCS(=O)(=O)N(C)C)CC(=O)O)c2)cc1. The van der Waals surface area contributed by atoms with Crippen molar-refractivity contribution in [2.45, 2.75) is 11.5 Å². The minimum Gasteiger partial charge on any atom is -0.489 e. The molecule has 0 spiro atoms. The number of aliphatic carboxylic acids is 1. The maximum Gasteiger partial charge on any atom is 0.323 e. The van der Waals surface area contributed by atoms with E-state index < -0.39 is 45.8 Å². The van der Waals surface area contributed by atoms with Crippen molar-refractivity contribution < 1.29 is 36.6 Å². The number of hydrogen-bond acceptors (Lipinski definition) is 6. The molecular formula is C27H28F2N2O6S2. The zero-order valence-electron chi connectivity index (χ0n) is 21.6. The van der Waals surface area contributed by atoms with E-state index in [0.717, 1.165) is 21.3 Å². The molecular weight excluding hydrogens is 550 g/mol. The van der Waals surface area contributed by atoms with E-state index in [4.69, 9.17) is 4.74 Å². The number of halogens is 2. The van der Waals surface area contributed by atoms with Crippen LogP contribution in [0.3, 0.4) is 0 Å². The van der Waals surface area contributed by atoms with Gasteiger partial charge >= 0.3 is 5.97 Å². The third-order valence-electron chi connectivity index (χ3n) is 5.78. The van der Waals surface area contributed by atoms with E-state index in [0.29, 0.717) is 27.3 Å². The number of nitrogens with zero attached hydrogens (tertiary/aromatic N) is 2. The van der Waals surface area contributed by atoms with Gasteiger partial charge in [0.15, 0.2) is 11.6 Å². The number of amides is 1. The van der Waals surface area contributed by atoms with Crippen molar-refractivity contribution in [2.24, 2.45) is 0 Å². The molecule has 0 fully saturated rings. The first kappa shape index (κ1) is 30.1. The Labute approximate surface area is 230 Å². The van der Waals surface area contributed by atoms with Gasteiger partial charge in [0.05, 0.1) is 5.75 Å². The van der Waals surface area contributed by atoms with Gasteiger partial charge < -0.3 is 14.7 Å². The molecule has 0 aromatic heterocycles. The molecule has 3 rings (SSSR count). The number of hydrogen-bond donors (Lipinski definition) is 1. The van der Waals surface area contributed by atoms with Crippen molar-refractivity contribution in [2.75, 3.05) is 39.2 Å². The predicted octanol–water partition coefficient (Wildman–Crippen LogP) is 4.35. The van der Waals surface area contributed by atoms with Crippen LogP contribution in [0.2, 0.25) is 0 Å².